The molecule has 1 amide bonds. The first-order valence-electron chi connectivity index (χ1n) is 9.86. The number of nitrogens with one attached hydrogen (secondary N) is 1. The van der Waals surface area contributed by atoms with E-state index < -0.39 is 0 Å². The molecular formula is C23H28BrN3O. The number of carbonyl (C=O) groups excluding carboxylic acids is 1. The van der Waals surface area contributed by atoms with Crippen LogP contribution in [-0.2, 0) is 4.79 Å². The number of benzene rings is 2. The van der Waals surface area contributed by atoms with Gasteiger partial charge in [-0.2, -0.15) is 0 Å². The first-order chi connectivity index (χ1) is 13.6. The highest BCUT2D eigenvalue weighted by Crippen LogP contribution is 2.18. The van der Waals surface area contributed by atoms with Crippen LogP contribution in [0.25, 0.3) is 6.08 Å². The van der Waals surface area contributed by atoms with Crippen molar-refractivity contribution in [2.45, 2.75) is 13.3 Å². The molecule has 1 N–H and O–H groups in total. The molecule has 1 fully saturated rings. The lowest BCUT2D eigenvalue weighted by Gasteiger charge is -2.36. The van der Waals surface area contributed by atoms with Crippen LogP contribution in [0.3, 0.4) is 0 Å². The van der Waals surface area contributed by atoms with Crippen molar-refractivity contribution in [3.63, 3.8) is 0 Å². The van der Waals surface area contributed by atoms with Crippen LogP contribution in [0.2, 0.25) is 0 Å². The Hall–Kier alpha value is -2.11. The minimum Gasteiger partial charge on any atom is -0.369 e. The van der Waals surface area contributed by atoms with Gasteiger partial charge < -0.3 is 10.2 Å². The molecule has 0 radical (unpaired) electrons. The Morgan fingerprint density at radius 1 is 1.11 bits per heavy atom. The van der Waals surface area contributed by atoms with Crippen LogP contribution in [0.5, 0.6) is 0 Å². The third kappa shape index (κ3) is 6.21. The molecule has 0 atom stereocenters. The van der Waals surface area contributed by atoms with Gasteiger partial charge in [0, 0.05) is 49.0 Å². The summed E-state index contributed by atoms with van der Waals surface area (Å²) >= 11 is 3.48. The molecule has 1 aliphatic heterocycles. The molecule has 1 heterocycles. The molecule has 0 saturated carbocycles. The first kappa shape index (κ1) is 20.6. The van der Waals surface area contributed by atoms with E-state index in [0.29, 0.717) is 6.54 Å². The quantitative estimate of drug-likeness (QED) is 0.518. The molecule has 0 aliphatic carbocycles. The SMILES string of the molecule is Cc1cccc(N2CCN(CCCNC(=O)/C=C/c3ccccc3Br)CC2)c1. The van der Waals surface area contributed by atoms with Gasteiger partial charge in [0.05, 0.1) is 0 Å². The lowest BCUT2D eigenvalue weighted by Crippen LogP contribution is -2.47. The van der Waals surface area contributed by atoms with Crippen LogP contribution in [0, 0.1) is 6.92 Å². The number of hydrogen-bond donors (Lipinski definition) is 1. The maximum absolute atomic E-state index is 12.0. The molecule has 148 valence electrons. The maximum atomic E-state index is 12.0. The summed E-state index contributed by atoms with van der Waals surface area (Å²) in [6, 6.07) is 16.6. The summed E-state index contributed by atoms with van der Waals surface area (Å²) in [6.07, 6.45) is 4.41. The van der Waals surface area contributed by atoms with Crippen LogP contribution in [-0.4, -0.2) is 50.1 Å². The Morgan fingerprint density at radius 2 is 1.89 bits per heavy atom. The van der Waals surface area contributed by atoms with E-state index in [0.717, 1.165) is 49.2 Å². The van der Waals surface area contributed by atoms with Gasteiger partial charge >= 0.3 is 0 Å². The zero-order chi connectivity index (χ0) is 19.8. The number of rotatable bonds is 7. The number of amides is 1. The molecule has 0 spiro atoms. The maximum Gasteiger partial charge on any atom is 0.244 e. The van der Waals surface area contributed by atoms with Crippen molar-refractivity contribution in [1.29, 1.82) is 0 Å². The second kappa shape index (κ2) is 10.4. The second-order valence-electron chi connectivity index (χ2n) is 7.17. The molecule has 5 heteroatoms. The van der Waals surface area contributed by atoms with Gasteiger partial charge in [0.25, 0.3) is 0 Å². The molecule has 2 aromatic carbocycles. The summed E-state index contributed by atoms with van der Waals surface area (Å²) in [5.41, 5.74) is 3.64. The molecular weight excluding hydrogens is 414 g/mol. The van der Waals surface area contributed by atoms with E-state index >= 15 is 0 Å². The summed E-state index contributed by atoms with van der Waals surface area (Å²) < 4.78 is 0.990. The third-order valence-corrected chi connectivity index (χ3v) is 5.73. The molecule has 3 rings (SSSR count). The van der Waals surface area contributed by atoms with Crippen LogP contribution >= 0.6 is 15.9 Å². The van der Waals surface area contributed by atoms with Crippen LogP contribution < -0.4 is 10.2 Å². The summed E-state index contributed by atoms with van der Waals surface area (Å²) in [6.45, 7) is 8.14. The van der Waals surface area contributed by atoms with Crippen molar-refractivity contribution >= 4 is 33.6 Å². The highest BCUT2D eigenvalue weighted by Gasteiger charge is 2.16. The standard InChI is InChI=1S/C23H28BrN3O/c1-19-6-4-8-21(18-19)27-16-14-26(15-17-27)13-5-12-25-23(28)11-10-20-7-2-3-9-22(20)24/h2-4,6-11,18H,5,12-17H2,1H3,(H,25,28)/b11-10+. The Labute approximate surface area is 176 Å². The number of nitrogens with zero attached hydrogens (tertiary/aromatic N) is 2. The van der Waals surface area contributed by atoms with E-state index in [1.165, 1.54) is 11.3 Å². The fraction of sp³-hybridized carbons (Fsp3) is 0.348. The third-order valence-electron chi connectivity index (χ3n) is 5.01. The fourth-order valence-electron chi connectivity index (χ4n) is 3.40. The van der Waals surface area contributed by atoms with Crippen molar-refractivity contribution in [2.75, 3.05) is 44.2 Å². The first-order valence-corrected chi connectivity index (χ1v) is 10.7. The highest BCUT2D eigenvalue weighted by atomic mass is 79.9. The highest BCUT2D eigenvalue weighted by molar-refractivity contribution is 9.10. The van der Waals surface area contributed by atoms with Gasteiger partial charge in [-0.1, -0.05) is 46.3 Å². The Balaban J connectivity index is 1.33. The van der Waals surface area contributed by atoms with Crippen LogP contribution in [0.4, 0.5) is 5.69 Å². The number of hydrogen-bond acceptors (Lipinski definition) is 3. The topological polar surface area (TPSA) is 35.6 Å². The second-order valence-corrected chi connectivity index (χ2v) is 8.02. The van der Waals surface area contributed by atoms with Crippen molar-refractivity contribution < 1.29 is 4.79 Å². The minimum absolute atomic E-state index is 0.0416. The zero-order valence-electron chi connectivity index (χ0n) is 16.4. The van der Waals surface area contributed by atoms with Gasteiger partial charge in [0.2, 0.25) is 5.91 Å². The van der Waals surface area contributed by atoms with Crippen molar-refractivity contribution in [2.24, 2.45) is 0 Å². The van der Waals surface area contributed by atoms with E-state index in [1.807, 2.05) is 30.3 Å². The Kier molecular flexibility index (Phi) is 7.69. The summed E-state index contributed by atoms with van der Waals surface area (Å²) in [4.78, 5) is 16.9. The van der Waals surface area contributed by atoms with E-state index in [1.54, 1.807) is 6.08 Å². The van der Waals surface area contributed by atoms with Gasteiger partial charge in [-0.15, -0.1) is 0 Å². The number of anilines is 1. The number of carbonyl (C=O) groups is 1. The molecule has 1 aliphatic rings. The summed E-state index contributed by atoms with van der Waals surface area (Å²) in [5.74, 6) is -0.0416. The molecule has 0 unspecified atom stereocenters. The van der Waals surface area contributed by atoms with E-state index in [9.17, 15) is 4.79 Å². The lowest BCUT2D eigenvalue weighted by atomic mass is 10.2. The molecule has 1 saturated heterocycles. The average molecular weight is 442 g/mol. The molecule has 2 aromatic rings. The van der Waals surface area contributed by atoms with Gasteiger partial charge in [-0.3, -0.25) is 9.69 Å². The average Bonchev–Trinajstić information content (AvgIpc) is 2.71. The van der Waals surface area contributed by atoms with Gasteiger partial charge in [0.15, 0.2) is 0 Å². The van der Waals surface area contributed by atoms with Gasteiger partial charge in [0.1, 0.15) is 0 Å². The number of halogens is 1. The van der Waals surface area contributed by atoms with Crippen LogP contribution in [0.15, 0.2) is 59.1 Å². The fourth-order valence-corrected chi connectivity index (χ4v) is 3.82. The largest absolute Gasteiger partial charge is 0.369 e. The van der Waals surface area contributed by atoms with Gasteiger partial charge in [-0.05, 0) is 55.3 Å². The predicted octanol–water partition coefficient (Wildman–Crippen LogP) is 4.10. The molecule has 0 aromatic heterocycles. The van der Waals surface area contributed by atoms with Crippen molar-refractivity contribution in [1.82, 2.24) is 10.2 Å². The predicted molar refractivity (Wildman–Crippen MR) is 121 cm³/mol. The van der Waals surface area contributed by atoms with Gasteiger partial charge in [-0.25, -0.2) is 0 Å². The minimum atomic E-state index is -0.0416. The van der Waals surface area contributed by atoms with E-state index in [2.05, 4.69) is 62.2 Å². The molecule has 4 nitrogen and oxygen atoms in total. The van der Waals surface area contributed by atoms with Crippen LogP contribution in [0.1, 0.15) is 17.5 Å². The molecule has 0 bridgehead atoms. The van der Waals surface area contributed by atoms with E-state index in [-0.39, 0.29) is 5.91 Å². The Bertz CT molecular complexity index is 813. The zero-order valence-corrected chi connectivity index (χ0v) is 18.0. The normalized spacial score (nSPS) is 15.1. The van der Waals surface area contributed by atoms with Crippen molar-refractivity contribution in [3.05, 3.63) is 70.2 Å². The van der Waals surface area contributed by atoms with E-state index in [4.69, 9.17) is 0 Å². The van der Waals surface area contributed by atoms with Crippen molar-refractivity contribution in [3.8, 4) is 0 Å². The lowest BCUT2D eigenvalue weighted by molar-refractivity contribution is -0.116. The Morgan fingerprint density at radius 3 is 2.64 bits per heavy atom. The monoisotopic (exact) mass is 441 g/mol. The number of aryl methyl sites for hydroxylation is 1. The molecule has 28 heavy (non-hydrogen) atoms. The summed E-state index contributed by atoms with van der Waals surface area (Å²) in [7, 11) is 0. The number of piperazine rings is 1. The summed E-state index contributed by atoms with van der Waals surface area (Å²) in [5, 5.41) is 2.97. The smallest absolute Gasteiger partial charge is 0.244 e.